The first-order valence-corrected chi connectivity index (χ1v) is 11.0. The minimum atomic E-state index is -0.558. The Hall–Kier alpha value is -3.49. The molecule has 0 spiro atoms. The molecule has 1 aliphatic carbocycles. The molecule has 0 saturated heterocycles. The number of fused-ring (bicyclic) bond motifs is 1. The first-order valence-electron chi connectivity index (χ1n) is 11.0. The molecule has 8 nitrogen and oxygen atoms in total. The highest BCUT2D eigenvalue weighted by molar-refractivity contribution is 5.93. The van der Waals surface area contributed by atoms with Crippen molar-refractivity contribution in [2.75, 3.05) is 11.9 Å². The number of halogens is 1. The molecule has 9 heteroatoms. The van der Waals surface area contributed by atoms with Gasteiger partial charge in [0.1, 0.15) is 11.5 Å². The van der Waals surface area contributed by atoms with Crippen molar-refractivity contribution in [2.24, 2.45) is 7.05 Å². The minimum absolute atomic E-state index is 0.0245. The van der Waals surface area contributed by atoms with Crippen LogP contribution in [0, 0.1) is 5.95 Å². The molecule has 166 valence electrons. The number of hydrogen-bond acceptors (Lipinski definition) is 6. The molecule has 4 aromatic heterocycles. The number of hydrogen-bond donors (Lipinski definition) is 1. The molecule has 0 aliphatic heterocycles. The first-order chi connectivity index (χ1) is 15.6. The van der Waals surface area contributed by atoms with Gasteiger partial charge in [-0.05, 0) is 44.7 Å². The van der Waals surface area contributed by atoms with E-state index in [0.29, 0.717) is 0 Å². The maximum absolute atomic E-state index is 13.9. The molecule has 1 saturated carbocycles. The van der Waals surface area contributed by atoms with E-state index >= 15 is 0 Å². The third-order valence-electron chi connectivity index (χ3n) is 5.94. The molecule has 0 bridgehead atoms. The smallest absolute Gasteiger partial charge is 0.255 e. The monoisotopic (exact) mass is 435 g/mol. The Morgan fingerprint density at radius 2 is 2.03 bits per heavy atom. The van der Waals surface area contributed by atoms with Gasteiger partial charge in [0.25, 0.3) is 5.95 Å². The Morgan fingerprint density at radius 3 is 2.75 bits per heavy atom. The summed E-state index contributed by atoms with van der Waals surface area (Å²) in [5, 5.41) is 13.6. The van der Waals surface area contributed by atoms with Gasteiger partial charge in [-0.25, -0.2) is 9.97 Å². The van der Waals surface area contributed by atoms with E-state index in [0.717, 1.165) is 60.2 Å². The zero-order valence-corrected chi connectivity index (χ0v) is 18.2. The molecule has 1 N–H and O–H groups in total. The van der Waals surface area contributed by atoms with E-state index in [2.05, 4.69) is 38.1 Å². The standard InChI is InChI=1S/C23H26FN7O/c1-3-25-21-11-19-18(13-27-21)22(15-12-28-30(2)14-15)29-31(19)16-6-8-17(9-7-16)32-20-5-4-10-26-23(20)24/h4-5,10-14,16-17H,3,6-9H2,1-2H3,(H,25,27). The molecule has 0 unspecified atom stereocenters. The summed E-state index contributed by atoms with van der Waals surface area (Å²) in [4.78, 5) is 8.24. The summed E-state index contributed by atoms with van der Waals surface area (Å²) < 4.78 is 23.7. The van der Waals surface area contributed by atoms with Crippen LogP contribution in [0.1, 0.15) is 38.6 Å². The molecule has 1 aliphatic rings. The zero-order chi connectivity index (χ0) is 22.1. The van der Waals surface area contributed by atoms with E-state index < -0.39 is 5.95 Å². The number of nitrogens with zero attached hydrogens (tertiary/aromatic N) is 6. The van der Waals surface area contributed by atoms with E-state index in [1.807, 2.05) is 25.6 Å². The predicted octanol–water partition coefficient (Wildman–Crippen LogP) is 4.36. The molecule has 4 aromatic rings. The van der Waals surface area contributed by atoms with Crippen LogP contribution in [0.25, 0.3) is 22.2 Å². The van der Waals surface area contributed by atoms with Crippen LogP contribution >= 0.6 is 0 Å². The van der Waals surface area contributed by atoms with Gasteiger partial charge in [0.2, 0.25) is 0 Å². The summed E-state index contributed by atoms with van der Waals surface area (Å²) in [6.07, 6.45) is 10.5. The number of anilines is 1. The van der Waals surface area contributed by atoms with Gasteiger partial charge in [-0.3, -0.25) is 9.36 Å². The Kier molecular flexibility index (Phi) is 5.46. The van der Waals surface area contributed by atoms with Gasteiger partial charge in [0.05, 0.1) is 23.9 Å². The molecular formula is C23H26FN7O. The van der Waals surface area contributed by atoms with Crippen molar-refractivity contribution in [1.82, 2.24) is 29.5 Å². The third-order valence-corrected chi connectivity index (χ3v) is 5.94. The van der Waals surface area contributed by atoms with Crippen molar-refractivity contribution in [3.05, 3.63) is 48.9 Å². The Bertz CT molecular complexity index is 1230. The molecule has 0 radical (unpaired) electrons. The van der Waals surface area contributed by atoms with Crippen LogP contribution in [0.2, 0.25) is 0 Å². The summed E-state index contributed by atoms with van der Waals surface area (Å²) >= 11 is 0. The molecule has 5 rings (SSSR count). The maximum atomic E-state index is 13.9. The van der Waals surface area contributed by atoms with Crippen molar-refractivity contribution in [3.63, 3.8) is 0 Å². The fourth-order valence-corrected chi connectivity index (χ4v) is 4.39. The lowest BCUT2D eigenvalue weighted by molar-refractivity contribution is 0.125. The molecule has 0 amide bonds. The highest BCUT2D eigenvalue weighted by Crippen LogP contribution is 2.36. The molecule has 32 heavy (non-hydrogen) atoms. The van der Waals surface area contributed by atoms with Gasteiger partial charge in [0.15, 0.2) is 5.75 Å². The summed E-state index contributed by atoms with van der Waals surface area (Å²) in [5.74, 6) is 0.501. The quantitative estimate of drug-likeness (QED) is 0.453. The van der Waals surface area contributed by atoms with Crippen LogP contribution < -0.4 is 10.1 Å². The molecule has 0 atom stereocenters. The van der Waals surface area contributed by atoms with Crippen LogP contribution in [0.5, 0.6) is 5.75 Å². The van der Waals surface area contributed by atoms with E-state index in [9.17, 15) is 4.39 Å². The number of nitrogens with one attached hydrogen (secondary N) is 1. The van der Waals surface area contributed by atoms with Crippen molar-refractivity contribution in [3.8, 4) is 17.0 Å². The lowest BCUT2D eigenvalue weighted by atomic mass is 9.93. The minimum Gasteiger partial charge on any atom is -0.486 e. The highest BCUT2D eigenvalue weighted by atomic mass is 19.1. The van der Waals surface area contributed by atoms with Crippen molar-refractivity contribution >= 4 is 16.7 Å². The van der Waals surface area contributed by atoms with Crippen LogP contribution in [-0.4, -0.2) is 42.2 Å². The second-order valence-corrected chi connectivity index (χ2v) is 8.15. The van der Waals surface area contributed by atoms with Gasteiger partial charge >= 0.3 is 0 Å². The number of rotatable bonds is 6. The van der Waals surface area contributed by atoms with Crippen LogP contribution in [0.4, 0.5) is 10.2 Å². The SMILES string of the molecule is CCNc1cc2c(cn1)c(-c1cnn(C)c1)nn2C1CCC(Oc2cccnc2F)CC1. The largest absolute Gasteiger partial charge is 0.486 e. The average Bonchev–Trinajstić information content (AvgIpc) is 3.39. The topological polar surface area (TPSA) is 82.7 Å². The van der Waals surface area contributed by atoms with Crippen molar-refractivity contribution in [2.45, 2.75) is 44.8 Å². The van der Waals surface area contributed by atoms with Crippen molar-refractivity contribution in [1.29, 1.82) is 0 Å². The first kappa shape index (κ1) is 20.4. The fraction of sp³-hybridized carbons (Fsp3) is 0.391. The van der Waals surface area contributed by atoms with Crippen molar-refractivity contribution < 1.29 is 9.13 Å². The van der Waals surface area contributed by atoms with Crippen LogP contribution in [0.3, 0.4) is 0 Å². The summed E-state index contributed by atoms with van der Waals surface area (Å²) in [6, 6.07) is 5.62. The van der Waals surface area contributed by atoms with Gasteiger partial charge in [-0.2, -0.15) is 14.6 Å². The second-order valence-electron chi connectivity index (χ2n) is 8.15. The number of aryl methyl sites for hydroxylation is 1. The normalized spacial score (nSPS) is 18.7. The van der Waals surface area contributed by atoms with E-state index in [-0.39, 0.29) is 17.9 Å². The highest BCUT2D eigenvalue weighted by Gasteiger charge is 2.27. The maximum Gasteiger partial charge on any atom is 0.255 e. The summed E-state index contributed by atoms with van der Waals surface area (Å²) in [6.45, 7) is 2.85. The summed E-state index contributed by atoms with van der Waals surface area (Å²) in [5.41, 5.74) is 2.91. The third kappa shape index (κ3) is 3.90. The number of ether oxygens (including phenoxy) is 1. The van der Waals surface area contributed by atoms with Gasteiger partial charge in [-0.1, -0.05) is 0 Å². The lowest BCUT2D eigenvalue weighted by Gasteiger charge is -2.29. The average molecular weight is 436 g/mol. The predicted molar refractivity (Wildman–Crippen MR) is 120 cm³/mol. The molecule has 1 fully saturated rings. The molecule has 0 aromatic carbocycles. The Morgan fingerprint density at radius 1 is 1.19 bits per heavy atom. The van der Waals surface area contributed by atoms with Crippen LogP contribution in [-0.2, 0) is 7.05 Å². The summed E-state index contributed by atoms with van der Waals surface area (Å²) in [7, 11) is 1.90. The fourth-order valence-electron chi connectivity index (χ4n) is 4.39. The lowest BCUT2D eigenvalue weighted by Crippen LogP contribution is -2.26. The number of aromatic nitrogens is 6. The molecule has 4 heterocycles. The van der Waals surface area contributed by atoms with E-state index in [1.165, 1.54) is 6.20 Å². The van der Waals surface area contributed by atoms with E-state index in [1.54, 1.807) is 16.8 Å². The van der Waals surface area contributed by atoms with Gasteiger partial charge in [0, 0.05) is 49.2 Å². The van der Waals surface area contributed by atoms with Crippen LogP contribution in [0.15, 0.2) is 43.0 Å². The zero-order valence-electron chi connectivity index (χ0n) is 18.2. The van der Waals surface area contributed by atoms with Gasteiger partial charge in [-0.15, -0.1) is 0 Å². The Balaban J connectivity index is 1.42. The molecular weight excluding hydrogens is 409 g/mol. The van der Waals surface area contributed by atoms with E-state index in [4.69, 9.17) is 9.84 Å². The Labute approximate surface area is 185 Å². The van der Waals surface area contributed by atoms with Gasteiger partial charge < -0.3 is 10.1 Å². The number of pyridine rings is 2. The second kappa shape index (κ2) is 8.57.